The molecule has 0 aliphatic carbocycles. The summed E-state index contributed by atoms with van der Waals surface area (Å²) in [6, 6.07) is 7.25. The average molecular weight is 181 g/mol. The second-order valence-corrected chi connectivity index (χ2v) is 2.97. The maximum atomic E-state index is 12.5. The van der Waals surface area contributed by atoms with E-state index in [0.717, 1.165) is 5.56 Å². The van der Waals surface area contributed by atoms with E-state index < -0.39 is 12.1 Å². The molecular weight excluding hydrogens is 169 g/mol. The molecule has 1 aromatic rings. The number of hydrogen-bond donors (Lipinski definition) is 1. The van der Waals surface area contributed by atoms with Gasteiger partial charge in [-0.2, -0.15) is 0 Å². The highest BCUT2D eigenvalue weighted by Gasteiger charge is 2.10. The minimum absolute atomic E-state index is 0.606. The summed E-state index contributed by atoms with van der Waals surface area (Å²) in [4.78, 5) is 10.9. The number of carbonyl (C=O) groups excluding carboxylic acids is 1. The Morgan fingerprint density at radius 2 is 2.23 bits per heavy atom. The Labute approximate surface area is 76.8 Å². The van der Waals surface area contributed by atoms with Gasteiger partial charge in [0.05, 0.1) is 0 Å². The van der Waals surface area contributed by atoms with Crippen LogP contribution >= 0.6 is 0 Å². The highest BCUT2D eigenvalue weighted by atomic mass is 19.1. The Kier molecular flexibility index (Phi) is 3.01. The quantitative estimate of drug-likeness (QED) is 0.745. The molecule has 2 nitrogen and oxygen atoms in total. The molecule has 0 radical (unpaired) electrons. The van der Waals surface area contributed by atoms with Gasteiger partial charge in [0.1, 0.15) is 0 Å². The third kappa shape index (κ3) is 2.86. The molecule has 1 amide bonds. The number of carbonyl (C=O) groups is 1. The first-order valence-corrected chi connectivity index (χ1v) is 4.11. The van der Waals surface area contributed by atoms with Crippen LogP contribution in [0.2, 0.25) is 0 Å². The first-order chi connectivity index (χ1) is 6.09. The van der Waals surface area contributed by atoms with E-state index in [1.54, 1.807) is 12.1 Å². The van der Waals surface area contributed by atoms with Crippen LogP contribution in [0.15, 0.2) is 24.3 Å². The van der Waals surface area contributed by atoms with Gasteiger partial charge in [-0.05, 0) is 31.5 Å². The number of halogens is 1. The Bertz CT molecular complexity index is 310. The first-order valence-electron chi connectivity index (χ1n) is 4.11. The van der Waals surface area contributed by atoms with Gasteiger partial charge in [0, 0.05) is 5.69 Å². The lowest BCUT2D eigenvalue weighted by molar-refractivity contribution is -0.120. The molecule has 1 atom stereocenters. The highest BCUT2D eigenvalue weighted by molar-refractivity contribution is 5.93. The number of amides is 1. The lowest BCUT2D eigenvalue weighted by Gasteiger charge is -2.05. The zero-order valence-electron chi connectivity index (χ0n) is 7.67. The molecular formula is C10H12FNO. The number of rotatable bonds is 2. The molecule has 1 aromatic carbocycles. The van der Waals surface area contributed by atoms with Gasteiger partial charge >= 0.3 is 0 Å². The summed E-state index contributed by atoms with van der Waals surface area (Å²) in [5, 5.41) is 2.47. The van der Waals surface area contributed by atoms with Crippen molar-refractivity contribution in [2.24, 2.45) is 0 Å². The summed E-state index contributed by atoms with van der Waals surface area (Å²) in [5.41, 5.74) is 1.67. The molecule has 0 fully saturated rings. The molecule has 0 heterocycles. The van der Waals surface area contributed by atoms with E-state index in [-0.39, 0.29) is 0 Å². The molecule has 0 spiro atoms. The van der Waals surface area contributed by atoms with E-state index >= 15 is 0 Å². The van der Waals surface area contributed by atoms with Crippen molar-refractivity contribution < 1.29 is 9.18 Å². The largest absolute Gasteiger partial charge is 0.324 e. The molecule has 70 valence electrons. The zero-order valence-corrected chi connectivity index (χ0v) is 7.67. The average Bonchev–Trinajstić information content (AvgIpc) is 2.04. The van der Waals surface area contributed by atoms with Crippen LogP contribution in [0, 0.1) is 6.92 Å². The van der Waals surface area contributed by atoms with E-state index in [1.165, 1.54) is 6.92 Å². The number of aryl methyl sites for hydroxylation is 1. The fourth-order valence-electron chi connectivity index (χ4n) is 0.965. The molecule has 3 heteroatoms. The van der Waals surface area contributed by atoms with Crippen molar-refractivity contribution in [2.45, 2.75) is 20.0 Å². The second-order valence-electron chi connectivity index (χ2n) is 2.97. The van der Waals surface area contributed by atoms with Gasteiger partial charge in [-0.1, -0.05) is 12.1 Å². The minimum Gasteiger partial charge on any atom is -0.324 e. The normalized spacial score (nSPS) is 12.2. The third-order valence-corrected chi connectivity index (χ3v) is 1.65. The molecule has 0 bridgehead atoms. The van der Waals surface area contributed by atoms with Crippen LogP contribution in [0.4, 0.5) is 10.1 Å². The van der Waals surface area contributed by atoms with E-state index in [0.29, 0.717) is 5.69 Å². The van der Waals surface area contributed by atoms with Crippen molar-refractivity contribution >= 4 is 11.6 Å². The molecule has 1 N–H and O–H groups in total. The number of anilines is 1. The number of hydrogen-bond acceptors (Lipinski definition) is 1. The van der Waals surface area contributed by atoms with E-state index in [2.05, 4.69) is 5.32 Å². The Hall–Kier alpha value is -1.38. The van der Waals surface area contributed by atoms with Crippen LogP contribution < -0.4 is 5.32 Å². The zero-order chi connectivity index (χ0) is 9.84. The van der Waals surface area contributed by atoms with E-state index in [4.69, 9.17) is 0 Å². The van der Waals surface area contributed by atoms with Gasteiger partial charge in [0.25, 0.3) is 5.91 Å². The number of alkyl halides is 1. The van der Waals surface area contributed by atoms with Gasteiger partial charge in [0.15, 0.2) is 6.17 Å². The predicted molar refractivity (Wildman–Crippen MR) is 50.4 cm³/mol. The fraction of sp³-hybridized carbons (Fsp3) is 0.300. The Balaban J connectivity index is 2.69. The van der Waals surface area contributed by atoms with Crippen LogP contribution in [-0.4, -0.2) is 12.1 Å². The summed E-state index contributed by atoms with van der Waals surface area (Å²) in [6.07, 6.45) is -1.47. The molecule has 1 unspecified atom stereocenters. The standard InChI is InChI=1S/C10H12FNO/c1-7-4-3-5-9(6-7)12-10(13)8(2)11/h3-6,8H,1-2H3,(H,12,13). The summed E-state index contributed by atoms with van der Waals surface area (Å²) >= 11 is 0. The smallest absolute Gasteiger partial charge is 0.258 e. The van der Waals surface area contributed by atoms with Crippen molar-refractivity contribution in [1.82, 2.24) is 0 Å². The van der Waals surface area contributed by atoms with Gasteiger partial charge in [-0.3, -0.25) is 4.79 Å². The lowest BCUT2D eigenvalue weighted by atomic mass is 10.2. The van der Waals surface area contributed by atoms with E-state index in [1.807, 2.05) is 19.1 Å². The summed E-state index contributed by atoms with van der Waals surface area (Å²) in [5.74, 6) is -0.606. The summed E-state index contributed by atoms with van der Waals surface area (Å²) in [6.45, 7) is 3.12. The minimum atomic E-state index is -1.47. The molecule has 1 rings (SSSR count). The van der Waals surface area contributed by atoms with Crippen LogP contribution in [-0.2, 0) is 4.79 Å². The lowest BCUT2D eigenvalue weighted by Crippen LogP contribution is -2.20. The van der Waals surface area contributed by atoms with Crippen LogP contribution in [0.25, 0.3) is 0 Å². The SMILES string of the molecule is Cc1cccc(NC(=O)C(C)F)c1. The monoisotopic (exact) mass is 181 g/mol. The van der Waals surface area contributed by atoms with Crippen molar-refractivity contribution in [1.29, 1.82) is 0 Å². The van der Waals surface area contributed by atoms with Gasteiger partial charge in [-0.25, -0.2) is 4.39 Å². The van der Waals surface area contributed by atoms with Crippen molar-refractivity contribution in [3.8, 4) is 0 Å². The van der Waals surface area contributed by atoms with Crippen molar-refractivity contribution in [3.63, 3.8) is 0 Å². The van der Waals surface area contributed by atoms with Gasteiger partial charge < -0.3 is 5.32 Å². The number of nitrogens with one attached hydrogen (secondary N) is 1. The maximum absolute atomic E-state index is 12.5. The molecule has 13 heavy (non-hydrogen) atoms. The highest BCUT2D eigenvalue weighted by Crippen LogP contribution is 2.10. The molecule has 0 saturated heterocycles. The van der Waals surface area contributed by atoms with Gasteiger partial charge in [0.2, 0.25) is 0 Å². The molecule has 0 aliphatic rings. The van der Waals surface area contributed by atoms with Gasteiger partial charge in [-0.15, -0.1) is 0 Å². The molecule has 0 saturated carbocycles. The summed E-state index contributed by atoms with van der Waals surface area (Å²) < 4.78 is 12.5. The van der Waals surface area contributed by atoms with Crippen LogP contribution in [0.5, 0.6) is 0 Å². The van der Waals surface area contributed by atoms with Crippen molar-refractivity contribution in [3.05, 3.63) is 29.8 Å². The topological polar surface area (TPSA) is 29.1 Å². The maximum Gasteiger partial charge on any atom is 0.258 e. The third-order valence-electron chi connectivity index (χ3n) is 1.65. The first kappa shape index (κ1) is 9.71. The second kappa shape index (κ2) is 4.03. The predicted octanol–water partition coefficient (Wildman–Crippen LogP) is 2.29. The van der Waals surface area contributed by atoms with Crippen LogP contribution in [0.3, 0.4) is 0 Å². The Morgan fingerprint density at radius 1 is 1.54 bits per heavy atom. The summed E-state index contributed by atoms with van der Waals surface area (Å²) in [7, 11) is 0. The van der Waals surface area contributed by atoms with Crippen molar-refractivity contribution in [2.75, 3.05) is 5.32 Å². The molecule has 0 aliphatic heterocycles. The van der Waals surface area contributed by atoms with E-state index in [9.17, 15) is 9.18 Å². The van der Waals surface area contributed by atoms with Crippen LogP contribution in [0.1, 0.15) is 12.5 Å². The fourth-order valence-corrected chi connectivity index (χ4v) is 0.965. The molecule has 0 aromatic heterocycles. The Morgan fingerprint density at radius 3 is 2.77 bits per heavy atom. The number of benzene rings is 1.